The highest BCUT2D eigenvalue weighted by Crippen LogP contribution is 2.32. The first-order chi connectivity index (χ1) is 8.58. The van der Waals surface area contributed by atoms with Gasteiger partial charge in [0.05, 0.1) is 5.02 Å². The van der Waals surface area contributed by atoms with Gasteiger partial charge in [-0.1, -0.05) is 17.7 Å². The maximum Gasteiger partial charge on any atom is 0.339 e. The third-order valence-corrected chi connectivity index (χ3v) is 2.53. The molecule has 0 fully saturated rings. The van der Waals surface area contributed by atoms with Gasteiger partial charge in [-0.15, -0.1) is 0 Å². The van der Waals surface area contributed by atoms with Crippen molar-refractivity contribution >= 4 is 17.6 Å². The van der Waals surface area contributed by atoms with Crippen LogP contribution in [-0.4, -0.2) is 11.1 Å². The lowest BCUT2D eigenvalue weighted by Crippen LogP contribution is -2.00. The lowest BCUT2D eigenvalue weighted by atomic mass is 10.2. The molecule has 0 aromatic heterocycles. The molecule has 2 aromatic rings. The Kier molecular flexibility index (Phi) is 3.48. The molecule has 0 aliphatic heterocycles. The predicted molar refractivity (Wildman–Crippen MR) is 64.9 cm³/mol. The van der Waals surface area contributed by atoms with Crippen LogP contribution in [0.5, 0.6) is 11.5 Å². The van der Waals surface area contributed by atoms with E-state index in [9.17, 15) is 9.18 Å². The molecule has 0 saturated carbocycles. The van der Waals surface area contributed by atoms with Crippen LogP contribution in [0.15, 0.2) is 42.5 Å². The molecule has 1 N–H and O–H groups in total. The summed E-state index contributed by atoms with van der Waals surface area (Å²) in [6.07, 6.45) is 0. The van der Waals surface area contributed by atoms with E-state index in [1.54, 1.807) is 0 Å². The molecule has 0 heterocycles. The monoisotopic (exact) mass is 266 g/mol. The minimum atomic E-state index is -1.14. The molecule has 2 aromatic carbocycles. The molecule has 0 saturated heterocycles. The molecule has 0 bridgehead atoms. The largest absolute Gasteiger partial charge is 0.478 e. The number of benzene rings is 2. The van der Waals surface area contributed by atoms with E-state index in [0.29, 0.717) is 5.75 Å². The summed E-state index contributed by atoms with van der Waals surface area (Å²) < 4.78 is 18.1. The standard InChI is InChI=1S/C13H8ClFO3/c14-11-3-1-2-10(13(16)17)12(11)18-9-6-4-8(15)5-7-9/h1-7H,(H,16,17). The summed E-state index contributed by atoms with van der Waals surface area (Å²) in [5.41, 5.74) is -0.0492. The molecule has 92 valence electrons. The van der Waals surface area contributed by atoms with E-state index in [2.05, 4.69) is 0 Å². The molecular weight excluding hydrogens is 259 g/mol. The molecule has 0 atom stereocenters. The molecule has 0 spiro atoms. The number of hydrogen-bond acceptors (Lipinski definition) is 2. The molecule has 3 nitrogen and oxygen atoms in total. The lowest BCUT2D eigenvalue weighted by molar-refractivity contribution is 0.0694. The van der Waals surface area contributed by atoms with E-state index in [1.165, 1.54) is 42.5 Å². The minimum Gasteiger partial charge on any atom is -0.478 e. The first kappa shape index (κ1) is 12.4. The van der Waals surface area contributed by atoms with Crippen molar-refractivity contribution in [3.8, 4) is 11.5 Å². The van der Waals surface area contributed by atoms with Gasteiger partial charge in [-0.05, 0) is 36.4 Å². The summed E-state index contributed by atoms with van der Waals surface area (Å²) in [7, 11) is 0. The molecule has 2 rings (SSSR count). The average molecular weight is 267 g/mol. The number of aromatic carboxylic acids is 1. The van der Waals surface area contributed by atoms with Crippen LogP contribution in [-0.2, 0) is 0 Å². The van der Waals surface area contributed by atoms with Crippen LogP contribution >= 0.6 is 11.6 Å². The second-order valence-corrected chi connectivity index (χ2v) is 3.88. The van der Waals surface area contributed by atoms with Crippen LogP contribution < -0.4 is 4.74 Å². The number of carboxylic acids is 1. The number of rotatable bonds is 3. The third-order valence-electron chi connectivity index (χ3n) is 2.23. The minimum absolute atomic E-state index is 0.0401. The highest BCUT2D eigenvalue weighted by Gasteiger charge is 2.15. The van der Waals surface area contributed by atoms with Crippen molar-refractivity contribution < 1.29 is 19.0 Å². The predicted octanol–water partition coefficient (Wildman–Crippen LogP) is 3.97. The van der Waals surface area contributed by atoms with Crippen LogP contribution in [0.4, 0.5) is 4.39 Å². The Balaban J connectivity index is 2.39. The second kappa shape index (κ2) is 5.06. The van der Waals surface area contributed by atoms with Crippen molar-refractivity contribution in [2.75, 3.05) is 0 Å². The number of para-hydroxylation sites is 1. The van der Waals surface area contributed by atoms with E-state index in [4.69, 9.17) is 21.4 Å². The maximum atomic E-state index is 12.7. The zero-order valence-corrected chi connectivity index (χ0v) is 9.82. The normalized spacial score (nSPS) is 10.1. The molecule has 18 heavy (non-hydrogen) atoms. The Labute approximate surface area is 107 Å². The topological polar surface area (TPSA) is 46.5 Å². The first-order valence-corrected chi connectivity index (χ1v) is 5.41. The summed E-state index contributed by atoms with van der Waals surface area (Å²) in [5.74, 6) is -1.19. The smallest absolute Gasteiger partial charge is 0.339 e. The third kappa shape index (κ3) is 2.60. The van der Waals surface area contributed by atoms with Crippen molar-refractivity contribution in [2.24, 2.45) is 0 Å². The number of ether oxygens (including phenoxy) is 1. The zero-order valence-electron chi connectivity index (χ0n) is 9.06. The van der Waals surface area contributed by atoms with Crippen LogP contribution in [0.2, 0.25) is 5.02 Å². The summed E-state index contributed by atoms with van der Waals surface area (Å²) in [5, 5.41) is 9.19. The number of hydrogen-bond donors (Lipinski definition) is 1. The zero-order chi connectivity index (χ0) is 13.1. The van der Waals surface area contributed by atoms with Gasteiger partial charge in [0.2, 0.25) is 0 Å². The molecule has 0 unspecified atom stereocenters. The molecule has 0 aliphatic carbocycles. The van der Waals surface area contributed by atoms with Crippen LogP contribution in [0, 0.1) is 5.82 Å². The van der Waals surface area contributed by atoms with E-state index >= 15 is 0 Å². The van der Waals surface area contributed by atoms with E-state index in [0.717, 1.165) is 0 Å². The summed E-state index contributed by atoms with van der Waals surface area (Å²) in [6, 6.07) is 9.64. The van der Waals surface area contributed by atoms with Gasteiger partial charge >= 0.3 is 5.97 Å². The Morgan fingerprint density at radius 2 is 1.83 bits per heavy atom. The molecular formula is C13H8ClFO3. The summed E-state index contributed by atoms with van der Waals surface area (Å²) in [6.45, 7) is 0. The average Bonchev–Trinajstić information content (AvgIpc) is 2.34. The van der Waals surface area contributed by atoms with Crippen molar-refractivity contribution in [3.63, 3.8) is 0 Å². The SMILES string of the molecule is O=C(O)c1cccc(Cl)c1Oc1ccc(F)cc1. The Bertz CT molecular complexity index is 581. The van der Waals surface area contributed by atoms with Gasteiger partial charge in [0.1, 0.15) is 17.1 Å². The fourth-order valence-corrected chi connectivity index (χ4v) is 1.61. The Morgan fingerprint density at radius 3 is 2.44 bits per heavy atom. The first-order valence-electron chi connectivity index (χ1n) is 5.03. The van der Waals surface area contributed by atoms with Crippen LogP contribution in [0.25, 0.3) is 0 Å². The molecule has 0 aliphatic rings. The van der Waals surface area contributed by atoms with Gasteiger partial charge < -0.3 is 9.84 Å². The van der Waals surface area contributed by atoms with Crippen LogP contribution in [0.1, 0.15) is 10.4 Å². The van der Waals surface area contributed by atoms with Gasteiger partial charge in [0, 0.05) is 0 Å². The van der Waals surface area contributed by atoms with Gasteiger partial charge in [-0.25, -0.2) is 9.18 Å². The van der Waals surface area contributed by atoms with Crippen molar-refractivity contribution in [1.29, 1.82) is 0 Å². The van der Waals surface area contributed by atoms with Crippen LogP contribution in [0.3, 0.4) is 0 Å². The van der Waals surface area contributed by atoms with E-state index < -0.39 is 11.8 Å². The van der Waals surface area contributed by atoms with E-state index in [1.807, 2.05) is 0 Å². The fraction of sp³-hybridized carbons (Fsp3) is 0. The lowest BCUT2D eigenvalue weighted by Gasteiger charge is -2.10. The van der Waals surface area contributed by atoms with E-state index in [-0.39, 0.29) is 16.3 Å². The Hall–Kier alpha value is -2.07. The van der Waals surface area contributed by atoms with Gasteiger partial charge in [-0.3, -0.25) is 0 Å². The summed E-state index contributed by atoms with van der Waals surface area (Å²) in [4.78, 5) is 11.0. The highest BCUT2D eigenvalue weighted by atomic mass is 35.5. The Morgan fingerprint density at radius 1 is 1.17 bits per heavy atom. The van der Waals surface area contributed by atoms with Crippen molar-refractivity contribution in [2.45, 2.75) is 0 Å². The maximum absolute atomic E-state index is 12.7. The number of halogens is 2. The van der Waals surface area contributed by atoms with Gasteiger partial charge in [-0.2, -0.15) is 0 Å². The second-order valence-electron chi connectivity index (χ2n) is 3.48. The van der Waals surface area contributed by atoms with Gasteiger partial charge in [0.25, 0.3) is 0 Å². The molecule has 5 heteroatoms. The van der Waals surface area contributed by atoms with Crippen molar-refractivity contribution in [3.05, 3.63) is 58.9 Å². The highest BCUT2D eigenvalue weighted by molar-refractivity contribution is 6.32. The molecule has 0 radical (unpaired) electrons. The van der Waals surface area contributed by atoms with Crippen molar-refractivity contribution in [1.82, 2.24) is 0 Å². The fourth-order valence-electron chi connectivity index (χ4n) is 1.40. The van der Waals surface area contributed by atoms with Gasteiger partial charge in [0.15, 0.2) is 5.75 Å². The summed E-state index contributed by atoms with van der Waals surface area (Å²) >= 11 is 5.89. The number of carbonyl (C=O) groups is 1. The quantitative estimate of drug-likeness (QED) is 0.914. The molecule has 0 amide bonds. The number of carboxylic acid groups (broad SMARTS) is 1.